The standard InChI is InChI=1S/C25H21ClF3N3O7S/c1-37-22-12-16(8-11-21(22)39-24(34)38-2)14-30-31-23(33)15-32(40(35,36)18-6-4-3-5-7-18)20-13-17(25(27,28)29)9-10-19(20)26/h3-14H,15H2,1-2H3,(H,31,33). The molecule has 0 heterocycles. The highest BCUT2D eigenvalue weighted by molar-refractivity contribution is 7.92. The highest BCUT2D eigenvalue weighted by Crippen LogP contribution is 2.37. The van der Waals surface area contributed by atoms with E-state index in [9.17, 15) is 31.2 Å². The SMILES string of the molecule is COC(=O)Oc1ccc(C=NNC(=O)CN(c2cc(C(F)(F)F)ccc2Cl)S(=O)(=O)c2ccccc2)cc1OC. The summed E-state index contributed by atoms with van der Waals surface area (Å²) in [6.07, 6.45) is -4.59. The average Bonchev–Trinajstić information content (AvgIpc) is 2.92. The summed E-state index contributed by atoms with van der Waals surface area (Å²) in [6.45, 7) is -0.954. The number of nitrogens with zero attached hydrogens (tertiary/aromatic N) is 2. The van der Waals surface area contributed by atoms with Crippen molar-refractivity contribution in [3.63, 3.8) is 0 Å². The smallest absolute Gasteiger partial charge is 0.493 e. The van der Waals surface area contributed by atoms with E-state index in [1.807, 2.05) is 0 Å². The molecule has 40 heavy (non-hydrogen) atoms. The zero-order chi connectivity index (χ0) is 29.5. The zero-order valence-corrected chi connectivity index (χ0v) is 22.4. The lowest BCUT2D eigenvalue weighted by molar-refractivity contribution is -0.137. The van der Waals surface area contributed by atoms with Crippen LogP contribution in [0.3, 0.4) is 0 Å². The number of sulfonamides is 1. The van der Waals surface area contributed by atoms with Crippen LogP contribution in [0.2, 0.25) is 5.02 Å². The number of halogens is 4. The van der Waals surface area contributed by atoms with Crippen LogP contribution in [0.1, 0.15) is 11.1 Å². The van der Waals surface area contributed by atoms with E-state index in [-0.39, 0.29) is 21.4 Å². The number of benzene rings is 3. The van der Waals surface area contributed by atoms with E-state index in [4.69, 9.17) is 21.1 Å². The fourth-order valence-electron chi connectivity index (χ4n) is 3.22. The van der Waals surface area contributed by atoms with Crippen molar-refractivity contribution in [2.45, 2.75) is 11.1 Å². The fraction of sp³-hybridized carbons (Fsp3) is 0.160. The molecule has 3 aromatic carbocycles. The number of rotatable bonds is 9. The van der Waals surface area contributed by atoms with Gasteiger partial charge in [0.1, 0.15) is 6.54 Å². The number of carbonyl (C=O) groups is 2. The normalized spacial score (nSPS) is 11.7. The van der Waals surface area contributed by atoms with Crippen LogP contribution in [0.15, 0.2) is 76.7 Å². The first-order valence-electron chi connectivity index (χ1n) is 11.1. The molecule has 0 aliphatic heterocycles. The van der Waals surface area contributed by atoms with Crippen molar-refractivity contribution in [1.29, 1.82) is 0 Å². The number of hydrogen-bond acceptors (Lipinski definition) is 8. The van der Waals surface area contributed by atoms with E-state index in [2.05, 4.69) is 15.3 Å². The van der Waals surface area contributed by atoms with Gasteiger partial charge in [-0.25, -0.2) is 18.6 Å². The highest BCUT2D eigenvalue weighted by atomic mass is 35.5. The lowest BCUT2D eigenvalue weighted by atomic mass is 10.2. The summed E-state index contributed by atoms with van der Waals surface area (Å²) in [5.41, 5.74) is 0.794. The largest absolute Gasteiger partial charge is 0.513 e. The molecule has 212 valence electrons. The summed E-state index contributed by atoms with van der Waals surface area (Å²) >= 11 is 6.10. The molecule has 0 unspecified atom stereocenters. The number of carbonyl (C=O) groups excluding carboxylic acids is 2. The molecule has 10 nitrogen and oxygen atoms in total. The third-order valence-electron chi connectivity index (χ3n) is 5.11. The van der Waals surface area contributed by atoms with Gasteiger partial charge in [-0.15, -0.1) is 0 Å². The Morgan fingerprint density at radius 3 is 2.35 bits per heavy atom. The molecule has 0 radical (unpaired) electrons. The van der Waals surface area contributed by atoms with Crippen LogP contribution in [-0.4, -0.2) is 47.5 Å². The summed E-state index contributed by atoms with van der Waals surface area (Å²) in [6, 6.07) is 13.2. The predicted octanol–water partition coefficient (Wildman–Crippen LogP) is 4.86. The molecule has 1 amide bonds. The third kappa shape index (κ3) is 7.42. The monoisotopic (exact) mass is 599 g/mol. The van der Waals surface area contributed by atoms with Crippen molar-refractivity contribution in [2.24, 2.45) is 5.10 Å². The van der Waals surface area contributed by atoms with E-state index in [0.717, 1.165) is 13.2 Å². The number of hydrazone groups is 1. The number of anilines is 1. The van der Waals surface area contributed by atoms with Crippen molar-refractivity contribution >= 4 is 45.6 Å². The molecule has 0 saturated heterocycles. The predicted molar refractivity (Wildman–Crippen MR) is 139 cm³/mol. The second-order valence-electron chi connectivity index (χ2n) is 7.75. The molecule has 0 saturated carbocycles. The minimum atomic E-state index is -4.80. The number of alkyl halides is 3. The van der Waals surface area contributed by atoms with E-state index in [1.54, 1.807) is 6.07 Å². The maximum absolute atomic E-state index is 13.4. The second kappa shape index (κ2) is 12.7. The number of nitrogens with one attached hydrogen (secondary N) is 1. The molecule has 0 fully saturated rings. The van der Waals surface area contributed by atoms with Crippen molar-refractivity contribution in [3.8, 4) is 11.5 Å². The van der Waals surface area contributed by atoms with Crippen LogP contribution in [0, 0.1) is 0 Å². The Bertz CT molecular complexity index is 1520. The number of hydrogen-bond donors (Lipinski definition) is 1. The first-order valence-corrected chi connectivity index (χ1v) is 12.9. The van der Waals surface area contributed by atoms with Crippen LogP contribution >= 0.6 is 11.6 Å². The molecule has 1 N–H and O–H groups in total. The van der Waals surface area contributed by atoms with Crippen molar-refractivity contribution in [3.05, 3.63) is 82.9 Å². The maximum Gasteiger partial charge on any atom is 0.513 e. The molecule has 0 bridgehead atoms. The lowest BCUT2D eigenvalue weighted by Crippen LogP contribution is -2.40. The highest BCUT2D eigenvalue weighted by Gasteiger charge is 2.34. The van der Waals surface area contributed by atoms with E-state index < -0.39 is 46.1 Å². The molecule has 0 aliphatic rings. The van der Waals surface area contributed by atoms with Crippen LogP contribution < -0.4 is 19.2 Å². The first kappa shape index (κ1) is 30.2. The zero-order valence-electron chi connectivity index (χ0n) is 20.8. The molecule has 15 heteroatoms. The molecule has 3 rings (SSSR count). The third-order valence-corrected chi connectivity index (χ3v) is 7.20. The van der Waals surface area contributed by atoms with Gasteiger partial charge in [0.2, 0.25) is 0 Å². The van der Waals surface area contributed by atoms with Crippen molar-refractivity contribution < 1.29 is 45.4 Å². The maximum atomic E-state index is 13.4. The van der Waals surface area contributed by atoms with Gasteiger partial charge in [-0.2, -0.15) is 18.3 Å². The number of amides is 1. The Morgan fingerprint density at radius 2 is 1.73 bits per heavy atom. The van der Waals surface area contributed by atoms with Gasteiger partial charge >= 0.3 is 12.3 Å². The van der Waals surface area contributed by atoms with E-state index >= 15 is 0 Å². The average molecular weight is 600 g/mol. The van der Waals surface area contributed by atoms with Crippen LogP contribution in [0.5, 0.6) is 11.5 Å². The van der Waals surface area contributed by atoms with Crippen LogP contribution in [0.25, 0.3) is 0 Å². The number of methoxy groups -OCH3 is 2. The van der Waals surface area contributed by atoms with Crippen molar-refractivity contribution in [2.75, 3.05) is 25.1 Å². The minimum Gasteiger partial charge on any atom is -0.493 e. The Hall–Kier alpha value is -4.30. The Morgan fingerprint density at radius 1 is 1.02 bits per heavy atom. The van der Waals surface area contributed by atoms with Gasteiger partial charge in [0, 0.05) is 0 Å². The Kier molecular flexibility index (Phi) is 9.60. The quantitative estimate of drug-likeness (QED) is 0.161. The molecule has 0 spiro atoms. The number of ether oxygens (including phenoxy) is 3. The Labute approximate surface area is 231 Å². The molecular formula is C25H21ClF3N3O7S. The Balaban J connectivity index is 1.88. The van der Waals surface area contributed by atoms with E-state index in [1.165, 1.54) is 55.8 Å². The second-order valence-corrected chi connectivity index (χ2v) is 10.0. The van der Waals surface area contributed by atoms with Gasteiger partial charge in [0.05, 0.1) is 41.6 Å². The van der Waals surface area contributed by atoms with Gasteiger partial charge in [-0.3, -0.25) is 9.10 Å². The van der Waals surface area contributed by atoms with Crippen LogP contribution in [-0.2, 0) is 25.7 Å². The van der Waals surface area contributed by atoms with Crippen LogP contribution in [0.4, 0.5) is 23.7 Å². The fourth-order valence-corrected chi connectivity index (χ4v) is 4.95. The lowest BCUT2D eigenvalue weighted by Gasteiger charge is -2.25. The molecule has 0 aromatic heterocycles. The summed E-state index contributed by atoms with van der Waals surface area (Å²) in [5.74, 6) is -0.794. The summed E-state index contributed by atoms with van der Waals surface area (Å²) in [5, 5.41) is 3.43. The molecular weight excluding hydrogens is 579 g/mol. The van der Waals surface area contributed by atoms with Gasteiger partial charge in [-0.05, 0) is 54.1 Å². The summed E-state index contributed by atoms with van der Waals surface area (Å²) < 4.78 is 81.9. The van der Waals surface area contributed by atoms with Gasteiger partial charge in [0.15, 0.2) is 11.5 Å². The summed E-state index contributed by atoms with van der Waals surface area (Å²) in [7, 11) is -2.08. The van der Waals surface area contributed by atoms with Crippen molar-refractivity contribution in [1.82, 2.24) is 5.43 Å². The summed E-state index contributed by atoms with van der Waals surface area (Å²) in [4.78, 5) is 23.8. The molecule has 3 aromatic rings. The minimum absolute atomic E-state index is 0.0512. The first-order chi connectivity index (χ1) is 18.9. The van der Waals surface area contributed by atoms with Gasteiger partial charge < -0.3 is 14.2 Å². The molecule has 0 atom stereocenters. The van der Waals surface area contributed by atoms with E-state index in [0.29, 0.717) is 22.0 Å². The topological polar surface area (TPSA) is 124 Å². The molecule has 0 aliphatic carbocycles. The van der Waals surface area contributed by atoms with Gasteiger partial charge in [0.25, 0.3) is 15.9 Å². The van der Waals surface area contributed by atoms with Gasteiger partial charge in [-0.1, -0.05) is 29.8 Å².